The minimum absolute atomic E-state index is 0.379. The predicted octanol–water partition coefficient (Wildman–Crippen LogP) is 2.05. The van der Waals surface area contributed by atoms with E-state index in [0.29, 0.717) is 12.2 Å². The molecule has 126 valence electrons. The molecule has 0 aliphatic rings. The Bertz CT molecular complexity index is 709. The highest BCUT2D eigenvalue weighted by atomic mass is 16.2. The van der Waals surface area contributed by atoms with E-state index in [9.17, 15) is 9.59 Å². The van der Waals surface area contributed by atoms with Crippen LogP contribution in [0.3, 0.4) is 0 Å². The molecule has 1 heterocycles. The van der Waals surface area contributed by atoms with Crippen LogP contribution in [0.1, 0.15) is 11.1 Å². The molecule has 0 saturated carbocycles. The van der Waals surface area contributed by atoms with Crippen LogP contribution < -0.4 is 10.2 Å². The largest absolute Gasteiger partial charge is 0.363 e. The number of nitrogens with one attached hydrogen (secondary N) is 1. The molecule has 0 fully saturated rings. The SMILES string of the molecule is Cc1ccc(CN(C)C(=O)C(=O)Nc2ccc(N(C)C)nc2)cc1. The molecule has 24 heavy (non-hydrogen) atoms. The molecule has 2 amide bonds. The number of rotatable bonds is 4. The minimum atomic E-state index is -0.677. The third-order valence-electron chi connectivity index (χ3n) is 3.55. The van der Waals surface area contributed by atoms with E-state index >= 15 is 0 Å². The van der Waals surface area contributed by atoms with Gasteiger partial charge in [-0.1, -0.05) is 29.8 Å². The van der Waals surface area contributed by atoms with Crippen LogP contribution in [0.25, 0.3) is 0 Å². The van der Waals surface area contributed by atoms with Gasteiger partial charge in [-0.05, 0) is 24.6 Å². The molecule has 0 saturated heterocycles. The summed E-state index contributed by atoms with van der Waals surface area (Å²) in [5.74, 6) is -0.493. The number of pyridine rings is 1. The molecule has 6 heteroatoms. The highest BCUT2D eigenvalue weighted by molar-refractivity contribution is 6.39. The Balaban J connectivity index is 1.95. The van der Waals surface area contributed by atoms with E-state index in [1.54, 1.807) is 19.2 Å². The summed E-state index contributed by atoms with van der Waals surface area (Å²) in [4.78, 5) is 31.7. The number of likely N-dealkylation sites (N-methyl/N-ethyl adjacent to an activating group) is 1. The van der Waals surface area contributed by atoms with Gasteiger partial charge in [0.05, 0.1) is 11.9 Å². The Morgan fingerprint density at radius 1 is 1.04 bits per heavy atom. The third kappa shape index (κ3) is 4.55. The molecule has 1 N–H and O–H groups in total. The van der Waals surface area contributed by atoms with Gasteiger partial charge < -0.3 is 15.1 Å². The predicted molar refractivity (Wildman–Crippen MR) is 94.8 cm³/mol. The molecule has 0 spiro atoms. The molecule has 0 radical (unpaired) electrons. The molecule has 0 aliphatic heterocycles. The fourth-order valence-corrected chi connectivity index (χ4v) is 2.12. The molecule has 0 aliphatic carbocycles. The molecular formula is C18H22N4O2. The summed E-state index contributed by atoms with van der Waals surface area (Å²) in [6.07, 6.45) is 1.53. The summed E-state index contributed by atoms with van der Waals surface area (Å²) in [5.41, 5.74) is 2.61. The normalized spacial score (nSPS) is 10.2. The molecule has 1 aromatic heterocycles. The molecule has 0 unspecified atom stereocenters. The molecule has 6 nitrogen and oxygen atoms in total. The van der Waals surface area contributed by atoms with Crippen LogP contribution in [0.5, 0.6) is 0 Å². The van der Waals surface area contributed by atoms with Gasteiger partial charge in [-0.25, -0.2) is 4.98 Å². The van der Waals surface area contributed by atoms with Crippen LogP contribution in [0.4, 0.5) is 11.5 Å². The van der Waals surface area contributed by atoms with Gasteiger partial charge in [0.2, 0.25) is 0 Å². The lowest BCUT2D eigenvalue weighted by molar-refractivity contribution is -0.142. The van der Waals surface area contributed by atoms with E-state index in [2.05, 4.69) is 10.3 Å². The molecular weight excluding hydrogens is 304 g/mol. The summed E-state index contributed by atoms with van der Waals surface area (Å²) < 4.78 is 0. The third-order valence-corrected chi connectivity index (χ3v) is 3.55. The minimum Gasteiger partial charge on any atom is -0.363 e. The molecule has 0 bridgehead atoms. The van der Waals surface area contributed by atoms with E-state index in [0.717, 1.165) is 16.9 Å². The van der Waals surface area contributed by atoms with Crippen molar-refractivity contribution in [2.75, 3.05) is 31.4 Å². The Labute approximate surface area is 142 Å². The van der Waals surface area contributed by atoms with Crippen molar-refractivity contribution in [2.45, 2.75) is 13.5 Å². The van der Waals surface area contributed by atoms with Gasteiger partial charge in [-0.15, -0.1) is 0 Å². The van der Waals surface area contributed by atoms with Crippen molar-refractivity contribution < 1.29 is 9.59 Å². The van der Waals surface area contributed by atoms with Crippen molar-refractivity contribution >= 4 is 23.3 Å². The van der Waals surface area contributed by atoms with Gasteiger partial charge in [-0.2, -0.15) is 0 Å². The zero-order valence-electron chi connectivity index (χ0n) is 14.4. The number of benzene rings is 1. The van der Waals surface area contributed by atoms with Crippen LogP contribution in [0.15, 0.2) is 42.6 Å². The molecule has 2 rings (SSSR count). The van der Waals surface area contributed by atoms with E-state index in [1.807, 2.05) is 50.2 Å². The van der Waals surface area contributed by atoms with Gasteiger partial charge in [0.25, 0.3) is 0 Å². The van der Waals surface area contributed by atoms with E-state index < -0.39 is 11.8 Å². The lowest BCUT2D eigenvalue weighted by Crippen LogP contribution is -2.36. The van der Waals surface area contributed by atoms with Gasteiger partial charge >= 0.3 is 11.8 Å². The second kappa shape index (κ2) is 7.59. The first-order valence-electron chi connectivity index (χ1n) is 7.62. The quantitative estimate of drug-likeness (QED) is 0.874. The highest BCUT2D eigenvalue weighted by Gasteiger charge is 2.19. The van der Waals surface area contributed by atoms with Gasteiger partial charge in [-0.3, -0.25) is 9.59 Å². The average molecular weight is 326 g/mol. The van der Waals surface area contributed by atoms with Crippen molar-refractivity contribution in [2.24, 2.45) is 0 Å². The van der Waals surface area contributed by atoms with Crippen molar-refractivity contribution in [3.8, 4) is 0 Å². The lowest BCUT2D eigenvalue weighted by Gasteiger charge is -2.17. The van der Waals surface area contributed by atoms with Crippen molar-refractivity contribution in [1.29, 1.82) is 0 Å². The van der Waals surface area contributed by atoms with Crippen molar-refractivity contribution in [3.63, 3.8) is 0 Å². The topological polar surface area (TPSA) is 65.5 Å². The second-order valence-corrected chi connectivity index (χ2v) is 5.90. The van der Waals surface area contributed by atoms with Crippen molar-refractivity contribution in [3.05, 3.63) is 53.7 Å². The summed E-state index contributed by atoms with van der Waals surface area (Å²) in [6, 6.07) is 11.3. The van der Waals surface area contributed by atoms with E-state index in [1.165, 1.54) is 11.1 Å². The Hall–Kier alpha value is -2.89. The number of carbonyl (C=O) groups is 2. The first-order valence-corrected chi connectivity index (χ1v) is 7.62. The first kappa shape index (κ1) is 17.5. The zero-order valence-corrected chi connectivity index (χ0v) is 14.4. The Morgan fingerprint density at radius 2 is 1.71 bits per heavy atom. The standard InChI is InChI=1S/C18H22N4O2/c1-13-5-7-14(8-6-13)12-22(4)18(24)17(23)20-15-9-10-16(19-11-15)21(2)3/h5-11H,12H2,1-4H3,(H,20,23). The maximum absolute atomic E-state index is 12.2. The number of carbonyl (C=O) groups excluding carboxylic acids is 2. The van der Waals surface area contributed by atoms with Crippen LogP contribution in [0, 0.1) is 6.92 Å². The van der Waals surface area contributed by atoms with Gasteiger partial charge in [0.1, 0.15) is 5.82 Å². The van der Waals surface area contributed by atoms with Crippen LogP contribution in [-0.2, 0) is 16.1 Å². The second-order valence-electron chi connectivity index (χ2n) is 5.90. The Kier molecular flexibility index (Phi) is 5.52. The fourth-order valence-electron chi connectivity index (χ4n) is 2.12. The average Bonchev–Trinajstić information content (AvgIpc) is 2.56. The van der Waals surface area contributed by atoms with Crippen LogP contribution in [0.2, 0.25) is 0 Å². The van der Waals surface area contributed by atoms with Crippen molar-refractivity contribution in [1.82, 2.24) is 9.88 Å². The maximum Gasteiger partial charge on any atom is 0.313 e. The molecule has 1 aromatic carbocycles. The highest BCUT2D eigenvalue weighted by Crippen LogP contribution is 2.12. The number of hydrogen-bond acceptors (Lipinski definition) is 4. The van der Waals surface area contributed by atoms with E-state index in [4.69, 9.17) is 0 Å². The number of nitrogens with zero attached hydrogens (tertiary/aromatic N) is 3. The number of aryl methyl sites for hydroxylation is 1. The summed E-state index contributed by atoms with van der Waals surface area (Å²) in [7, 11) is 5.36. The first-order chi connectivity index (χ1) is 11.4. The zero-order chi connectivity index (χ0) is 17.7. The number of amides is 2. The summed E-state index contributed by atoms with van der Waals surface area (Å²) in [5, 5.41) is 2.57. The maximum atomic E-state index is 12.2. The lowest BCUT2D eigenvalue weighted by atomic mass is 10.1. The molecule has 0 atom stereocenters. The van der Waals surface area contributed by atoms with E-state index in [-0.39, 0.29) is 0 Å². The van der Waals surface area contributed by atoms with Crippen LogP contribution >= 0.6 is 0 Å². The fraction of sp³-hybridized carbons (Fsp3) is 0.278. The summed E-state index contributed by atoms with van der Waals surface area (Å²) >= 11 is 0. The van der Waals surface area contributed by atoms with Crippen LogP contribution in [-0.4, -0.2) is 42.8 Å². The monoisotopic (exact) mass is 326 g/mol. The van der Waals surface area contributed by atoms with Gasteiger partial charge in [0, 0.05) is 27.7 Å². The number of aromatic nitrogens is 1. The molecule has 2 aromatic rings. The smallest absolute Gasteiger partial charge is 0.313 e. The number of anilines is 2. The summed E-state index contributed by atoms with van der Waals surface area (Å²) in [6.45, 7) is 2.38. The Morgan fingerprint density at radius 3 is 2.25 bits per heavy atom. The van der Waals surface area contributed by atoms with Gasteiger partial charge in [0.15, 0.2) is 0 Å². The number of hydrogen-bond donors (Lipinski definition) is 1.